The number of rotatable bonds is 1. The van der Waals surface area contributed by atoms with Gasteiger partial charge in [-0.2, -0.15) is 8.42 Å². The molecule has 0 spiro atoms. The van der Waals surface area contributed by atoms with Crippen molar-refractivity contribution >= 4 is 43.5 Å². The average Bonchev–Trinajstić information content (AvgIpc) is 3.18. The van der Waals surface area contributed by atoms with Crippen LogP contribution in [-0.4, -0.2) is 41.4 Å². The molecule has 2 aliphatic rings. The van der Waals surface area contributed by atoms with Crippen molar-refractivity contribution in [3.8, 4) is 0 Å². The summed E-state index contributed by atoms with van der Waals surface area (Å²) in [6.45, 7) is 11.2. The predicted molar refractivity (Wildman–Crippen MR) is 159 cm³/mol. The maximum atomic E-state index is 13.6. The Labute approximate surface area is 244 Å². The fourth-order valence-electron chi connectivity index (χ4n) is 5.57. The van der Waals surface area contributed by atoms with Crippen molar-refractivity contribution in [2.75, 3.05) is 16.8 Å². The highest BCUT2D eigenvalue weighted by atomic mass is 79.9. The lowest BCUT2D eigenvalue weighted by molar-refractivity contribution is 0.0981. The predicted octanol–water partition coefficient (Wildman–Crippen LogP) is 5.60. The van der Waals surface area contributed by atoms with Gasteiger partial charge >= 0.3 is 0 Å². The smallest absolute Gasteiger partial charge is 0.281 e. The number of sulfonamides is 1. The number of carbonyl (C=O) groups excluding carboxylic acids is 1. The lowest BCUT2D eigenvalue weighted by Gasteiger charge is -2.34. The molecule has 212 valence electrons. The van der Waals surface area contributed by atoms with Crippen LogP contribution in [0.15, 0.2) is 58.2 Å². The first-order valence-electron chi connectivity index (χ1n) is 13.5. The minimum Gasteiger partial charge on any atom is -0.362 e. The second kappa shape index (κ2) is 10.4. The number of hydrogen-bond acceptors (Lipinski definition) is 8. The number of carbonyl (C=O) groups is 1. The van der Waals surface area contributed by atoms with Crippen LogP contribution in [0.2, 0.25) is 0 Å². The zero-order valence-corrected chi connectivity index (χ0v) is 25.8. The van der Waals surface area contributed by atoms with Crippen LogP contribution < -0.4 is 14.9 Å². The van der Waals surface area contributed by atoms with Crippen LogP contribution >= 0.6 is 15.9 Å². The van der Waals surface area contributed by atoms with E-state index in [9.17, 15) is 13.2 Å². The van der Waals surface area contributed by atoms with Crippen molar-refractivity contribution in [3.05, 3.63) is 70.1 Å². The van der Waals surface area contributed by atoms with E-state index in [-0.39, 0.29) is 27.6 Å². The largest absolute Gasteiger partial charge is 0.362 e. The molecule has 1 saturated heterocycles. The number of amides is 1. The van der Waals surface area contributed by atoms with Gasteiger partial charge in [-0.05, 0) is 91.4 Å². The molecular weight excluding hydrogens is 592 g/mol. The standard InChI is InChI=1S/C29H35BrN6O3S/c1-28(2,3)22-15-13-19-26(33-22)36-17-18(16-29(36,4)5)12-14-21(20-8-6-9-23(30)31-20)32-24-10-7-11-25(34-24)40(38,39)35-27(19)37/h6-11,13,15,18,21H,12,14,16-17H2,1-5H3,(H,32,34)(H,35,37)/t18-,21-/m0/s1. The van der Waals surface area contributed by atoms with Gasteiger partial charge in [-0.3, -0.25) is 4.79 Å². The number of anilines is 2. The van der Waals surface area contributed by atoms with Crippen molar-refractivity contribution in [2.24, 2.45) is 5.92 Å². The summed E-state index contributed by atoms with van der Waals surface area (Å²) in [5, 5.41) is 3.16. The molecule has 5 rings (SSSR count). The number of aromatic nitrogens is 3. The Kier molecular flexibility index (Phi) is 7.41. The number of fused-ring (bicyclic) bond motifs is 6. The van der Waals surface area contributed by atoms with Crippen LogP contribution in [0.3, 0.4) is 0 Å². The third kappa shape index (κ3) is 5.85. The molecule has 3 aromatic heterocycles. The van der Waals surface area contributed by atoms with Crippen molar-refractivity contribution in [1.29, 1.82) is 0 Å². The van der Waals surface area contributed by atoms with Crippen LogP contribution in [0.25, 0.3) is 0 Å². The van der Waals surface area contributed by atoms with E-state index in [1.807, 2.05) is 18.2 Å². The van der Waals surface area contributed by atoms with E-state index in [0.29, 0.717) is 24.1 Å². The second-order valence-electron chi connectivity index (χ2n) is 12.3. The Bertz CT molecular complexity index is 1550. The van der Waals surface area contributed by atoms with Gasteiger partial charge in [-0.15, -0.1) is 0 Å². The van der Waals surface area contributed by atoms with Gasteiger partial charge in [0.25, 0.3) is 15.9 Å². The Morgan fingerprint density at radius 3 is 2.48 bits per heavy atom. The maximum Gasteiger partial charge on any atom is 0.281 e. The van der Waals surface area contributed by atoms with Gasteiger partial charge in [0.15, 0.2) is 5.03 Å². The number of pyridine rings is 3. The van der Waals surface area contributed by atoms with Gasteiger partial charge in [0.05, 0.1) is 17.3 Å². The fourth-order valence-corrected chi connectivity index (χ4v) is 6.86. The SMILES string of the molecule is CC(C)(C)c1ccc2c(n1)N1C[C@@H](CC[C@@H](c3cccc(Br)n3)Nc3cccc(n3)S(=O)(=O)NC2=O)CC1(C)C. The average molecular weight is 628 g/mol. The molecule has 2 N–H and O–H groups in total. The van der Waals surface area contributed by atoms with E-state index in [1.54, 1.807) is 24.3 Å². The molecule has 2 atom stereocenters. The summed E-state index contributed by atoms with van der Waals surface area (Å²) >= 11 is 3.47. The van der Waals surface area contributed by atoms with E-state index in [2.05, 4.69) is 75.5 Å². The lowest BCUT2D eigenvalue weighted by atomic mass is 9.90. The van der Waals surface area contributed by atoms with E-state index in [4.69, 9.17) is 4.98 Å². The summed E-state index contributed by atoms with van der Waals surface area (Å²) in [7, 11) is -4.26. The Balaban J connectivity index is 1.63. The third-order valence-corrected chi connectivity index (χ3v) is 9.28. The zero-order chi connectivity index (χ0) is 28.9. The first-order chi connectivity index (χ1) is 18.7. The van der Waals surface area contributed by atoms with Gasteiger partial charge in [0.2, 0.25) is 0 Å². The number of hydrogen-bond donors (Lipinski definition) is 2. The molecule has 0 saturated carbocycles. The minimum absolute atomic E-state index is 0.197. The summed E-state index contributed by atoms with van der Waals surface area (Å²) in [5.74, 6) is 0.499. The molecule has 1 amide bonds. The first kappa shape index (κ1) is 28.5. The topological polar surface area (TPSA) is 117 Å². The normalized spacial score (nSPS) is 22.4. The lowest BCUT2D eigenvalue weighted by Crippen LogP contribution is -2.41. The summed E-state index contributed by atoms with van der Waals surface area (Å²) in [5.41, 5.74) is 1.35. The summed E-state index contributed by atoms with van der Waals surface area (Å²) < 4.78 is 29.7. The van der Waals surface area contributed by atoms with Gasteiger partial charge in [-0.25, -0.2) is 19.7 Å². The van der Waals surface area contributed by atoms with Gasteiger partial charge < -0.3 is 10.2 Å². The van der Waals surface area contributed by atoms with Gasteiger partial charge in [0, 0.05) is 23.2 Å². The molecule has 0 aromatic carbocycles. The molecule has 0 aliphatic carbocycles. The third-order valence-electron chi connectivity index (χ3n) is 7.61. The highest BCUT2D eigenvalue weighted by molar-refractivity contribution is 9.10. The molecule has 9 nitrogen and oxygen atoms in total. The van der Waals surface area contributed by atoms with Crippen molar-refractivity contribution in [3.63, 3.8) is 0 Å². The number of nitrogens with one attached hydrogen (secondary N) is 2. The van der Waals surface area contributed by atoms with Gasteiger partial charge in [0.1, 0.15) is 16.2 Å². The van der Waals surface area contributed by atoms with Crippen molar-refractivity contribution in [2.45, 2.75) is 75.9 Å². The highest BCUT2D eigenvalue weighted by Gasteiger charge is 2.41. The quantitative estimate of drug-likeness (QED) is 0.335. The maximum absolute atomic E-state index is 13.6. The molecule has 4 bridgehead atoms. The molecule has 0 radical (unpaired) electrons. The van der Waals surface area contributed by atoms with Crippen molar-refractivity contribution < 1.29 is 13.2 Å². The first-order valence-corrected chi connectivity index (χ1v) is 15.7. The molecule has 2 aliphatic heterocycles. The van der Waals surface area contributed by atoms with Crippen LogP contribution in [0, 0.1) is 5.92 Å². The summed E-state index contributed by atoms with van der Waals surface area (Å²) in [6.07, 6.45) is 2.56. The molecule has 3 aromatic rings. The fraction of sp³-hybridized carbons (Fsp3) is 0.448. The number of nitrogens with zero attached hydrogens (tertiary/aromatic N) is 4. The summed E-state index contributed by atoms with van der Waals surface area (Å²) in [6, 6.07) is 13.8. The van der Waals surface area contributed by atoms with E-state index >= 15 is 0 Å². The second-order valence-corrected chi connectivity index (χ2v) is 14.7. The number of halogens is 1. The van der Waals surface area contributed by atoms with E-state index < -0.39 is 15.9 Å². The zero-order valence-electron chi connectivity index (χ0n) is 23.4. The molecule has 11 heteroatoms. The van der Waals surface area contributed by atoms with Gasteiger partial charge in [-0.1, -0.05) is 32.9 Å². The molecular formula is C29H35BrN6O3S. The Morgan fingerprint density at radius 2 is 1.75 bits per heavy atom. The minimum atomic E-state index is -4.26. The van der Waals surface area contributed by atoms with Crippen LogP contribution in [-0.2, 0) is 15.4 Å². The van der Waals surface area contributed by atoms with Crippen LogP contribution in [0.1, 0.15) is 81.7 Å². The highest BCUT2D eigenvalue weighted by Crippen LogP contribution is 2.41. The molecule has 0 unspecified atom stereocenters. The monoisotopic (exact) mass is 626 g/mol. The van der Waals surface area contributed by atoms with E-state index in [0.717, 1.165) is 35.3 Å². The Morgan fingerprint density at radius 1 is 1.00 bits per heavy atom. The molecule has 1 fully saturated rings. The Hall–Kier alpha value is -3.05. The van der Waals surface area contributed by atoms with E-state index in [1.165, 1.54) is 6.07 Å². The molecule has 40 heavy (non-hydrogen) atoms. The van der Waals surface area contributed by atoms with Crippen LogP contribution in [0.4, 0.5) is 11.6 Å². The van der Waals surface area contributed by atoms with Crippen molar-refractivity contribution in [1.82, 2.24) is 19.7 Å². The molecule has 5 heterocycles. The van der Waals surface area contributed by atoms with Crippen LogP contribution in [0.5, 0.6) is 0 Å². The summed E-state index contributed by atoms with van der Waals surface area (Å²) in [4.78, 5) is 29.7.